The molecule has 4 rings (SSSR count). The van der Waals surface area contributed by atoms with Gasteiger partial charge in [0.05, 0.1) is 19.4 Å². The zero-order valence-corrected chi connectivity index (χ0v) is 15.2. The highest BCUT2D eigenvalue weighted by atomic mass is 19.4. The summed E-state index contributed by atoms with van der Waals surface area (Å²) in [5, 5.41) is 9.49. The number of halogens is 3. The number of anilines is 2. The zero-order valence-electron chi connectivity index (χ0n) is 15.2. The zero-order chi connectivity index (χ0) is 20.6. The van der Waals surface area contributed by atoms with Crippen LogP contribution in [0.5, 0.6) is 5.75 Å². The van der Waals surface area contributed by atoms with Gasteiger partial charge in [-0.15, -0.1) is 0 Å². The van der Waals surface area contributed by atoms with Gasteiger partial charge < -0.3 is 19.8 Å². The van der Waals surface area contributed by atoms with Gasteiger partial charge in [-0.3, -0.25) is 4.79 Å². The first-order chi connectivity index (χ1) is 13.8. The number of aromatic nitrogens is 2. The summed E-state index contributed by atoms with van der Waals surface area (Å²) in [7, 11) is 1.49. The summed E-state index contributed by atoms with van der Waals surface area (Å²) in [6.45, 7) is 0. The lowest BCUT2D eigenvalue weighted by molar-refractivity contribution is -0.174. The molecule has 0 unspecified atom stereocenters. The van der Waals surface area contributed by atoms with Gasteiger partial charge in [-0.1, -0.05) is 6.07 Å². The van der Waals surface area contributed by atoms with Crippen LogP contribution in [0.1, 0.15) is 34.8 Å². The maximum Gasteiger partial charge on any atom is 0.410 e. The van der Waals surface area contributed by atoms with Crippen LogP contribution in [0.2, 0.25) is 0 Å². The molecule has 0 radical (unpaired) electrons. The van der Waals surface area contributed by atoms with Crippen LogP contribution in [-0.4, -0.2) is 29.0 Å². The normalized spacial score (nSPS) is 18.6. The predicted molar refractivity (Wildman–Crippen MR) is 98.0 cm³/mol. The molecule has 1 aliphatic heterocycles. The summed E-state index contributed by atoms with van der Waals surface area (Å²) in [6, 6.07) is 8.56. The molecule has 0 saturated heterocycles. The van der Waals surface area contributed by atoms with Gasteiger partial charge in [0, 0.05) is 24.2 Å². The highest BCUT2D eigenvalue weighted by Crippen LogP contribution is 2.43. The van der Waals surface area contributed by atoms with E-state index in [9.17, 15) is 18.0 Å². The molecule has 1 aromatic carbocycles. The Morgan fingerprint density at radius 2 is 2.14 bits per heavy atom. The number of hydrogen-bond donors (Lipinski definition) is 2. The third-order valence-corrected chi connectivity index (χ3v) is 4.64. The van der Waals surface area contributed by atoms with E-state index in [1.54, 1.807) is 36.4 Å². The van der Waals surface area contributed by atoms with Crippen LogP contribution in [0.4, 0.5) is 24.7 Å². The van der Waals surface area contributed by atoms with E-state index in [4.69, 9.17) is 9.15 Å². The standard InChI is InChI=1S/C19H17F3N4O3/c1-28-12-5-2-4-11(8-12)23-18(27)14-10-17-24-13(15-6-3-7-29-15)9-16(19(20,21)22)26(17)25-14/h2-8,10,13,16,24H,9H2,1H3,(H,23,27)/t13-,16-/m1/s1. The highest BCUT2D eigenvalue weighted by molar-refractivity contribution is 6.03. The molecule has 0 saturated carbocycles. The van der Waals surface area contributed by atoms with Crippen LogP contribution < -0.4 is 15.4 Å². The van der Waals surface area contributed by atoms with Crippen molar-refractivity contribution in [3.63, 3.8) is 0 Å². The van der Waals surface area contributed by atoms with Crippen LogP contribution in [0.15, 0.2) is 53.1 Å². The Morgan fingerprint density at radius 1 is 1.31 bits per heavy atom. The van der Waals surface area contributed by atoms with Crippen molar-refractivity contribution in [2.45, 2.75) is 24.7 Å². The second-order valence-corrected chi connectivity index (χ2v) is 6.55. The number of fused-ring (bicyclic) bond motifs is 1. The summed E-state index contributed by atoms with van der Waals surface area (Å²) in [6.07, 6.45) is -3.44. The van der Waals surface area contributed by atoms with Crippen LogP contribution in [0, 0.1) is 0 Å². The molecule has 1 amide bonds. The van der Waals surface area contributed by atoms with Crippen molar-refractivity contribution in [1.82, 2.24) is 9.78 Å². The van der Waals surface area contributed by atoms with Crippen LogP contribution in [0.25, 0.3) is 0 Å². The van der Waals surface area contributed by atoms with E-state index in [1.165, 1.54) is 19.4 Å². The first kappa shape index (κ1) is 18.9. The van der Waals surface area contributed by atoms with E-state index in [-0.39, 0.29) is 17.9 Å². The smallest absolute Gasteiger partial charge is 0.410 e. The molecule has 7 nitrogen and oxygen atoms in total. The Balaban J connectivity index is 1.62. The molecule has 2 atom stereocenters. The van der Waals surface area contributed by atoms with E-state index in [1.807, 2.05) is 0 Å². The molecular weight excluding hydrogens is 389 g/mol. The largest absolute Gasteiger partial charge is 0.497 e. The minimum absolute atomic E-state index is 0.0933. The van der Waals surface area contributed by atoms with Crippen molar-refractivity contribution >= 4 is 17.4 Å². The Kier molecular flexibility index (Phi) is 4.69. The Labute approximate surface area is 163 Å². The van der Waals surface area contributed by atoms with Crippen molar-refractivity contribution in [2.24, 2.45) is 0 Å². The maximum absolute atomic E-state index is 13.6. The predicted octanol–water partition coefficient (Wildman–Crippen LogP) is 4.40. The number of hydrogen-bond acceptors (Lipinski definition) is 5. The van der Waals surface area contributed by atoms with E-state index >= 15 is 0 Å². The molecule has 3 aromatic rings. The third-order valence-electron chi connectivity index (χ3n) is 4.64. The lowest BCUT2D eigenvalue weighted by Crippen LogP contribution is -2.35. The van der Waals surface area contributed by atoms with E-state index in [2.05, 4.69) is 15.7 Å². The quantitative estimate of drug-likeness (QED) is 0.671. The van der Waals surface area contributed by atoms with Crippen molar-refractivity contribution in [3.8, 4) is 5.75 Å². The van der Waals surface area contributed by atoms with Gasteiger partial charge in [-0.05, 0) is 24.3 Å². The summed E-state index contributed by atoms with van der Waals surface area (Å²) < 4.78 is 52.1. The first-order valence-corrected chi connectivity index (χ1v) is 8.77. The monoisotopic (exact) mass is 406 g/mol. The number of ether oxygens (including phenoxy) is 1. The SMILES string of the molecule is COc1cccc(NC(=O)c2cc3n(n2)[C@@H](C(F)(F)F)C[C@H](c2ccco2)N3)c1. The fraction of sp³-hybridized carbons (Fsp3) is 0.263. The summed E-state index contributed by atoms with van der Waals surface area (Å²) in [5.74, 6) is 0.384. The molecule has 2 aromatic heterocycles. The van der Waals surface area contributed by atoms with Crippen molar-refractivity contribution < 1.29 is 27.1 Å². The number of alkyl halides is 3. The van der Waals surface area contributed by atoms with Gasteiger partial charge in [-0.25, -0.2) is 4.68 Å². The molecule has 1 aliphatic rings. The fourth-order valence-corrected chi connectivity index (χ4v) is 3.26. The molecule has 2 N–H and O–H groups in total. The molecule has 0 fully saturated rings. The molecule has 10 heteroatoms. The van der Waals surface area contributed by atoms with Gasteiger partial charge >= 0.3 is 6.18 Å². The number of nitrogens with one attached hydrogen (secondary N) is 2. The average Bonchev–Trinajstić information content (AvgIpc) is 3.36. The summed E-state index contributed by atoms with van der Waals surface area (Å²) in [5.41, 5.74) is 0.304. The second-order valence-electron chi connectivity index (χ2n) is 6.55. The summed E-state index contributed by atoms with van der Waals surface area (Å²) >= 11 is 0. The Hall–Kier alpha value is -3.43. The minimum Gasteiger partial charge on any atom is -0.497 e. The number of amides is 1. The molecule has 3 heterocycles. The van der Waals surface area contributed by atoms with E-state index in [0.717, 1.165) is 4.68 Å². The number of carbonyl (C=O) groups excluding carboxylic acids is 1. The van der Waals surface area contributed by atoms with Crippen LogP contribution in [0.3, 0.4) is 0 Å². The van der Waals surface area contributed by atoms with Gasteiger partial charge in [0.25, 0.3) is 5.91 Å². The van der Waals surface area contributed by atoms with Gasteiger partial charge in [0.1, 0.15) is 17.3 Å². The molecule has 0 spiro atoms. The topological polar surface area (TPSA) is 81.3 Å². The Morgan fingerprint density at radius 3 is 2.83 bits per heavy atom. The number of methoxy groups -OCH3 is 1. The molecule has 0 bridgehead atoms. The molecule has 29 heavy (non-hydrogen) atoms. The number of nitrogens with zero attached hydrogens (tertiary/aromatic N) is 2. The molecular formula is C19H17F3N4O3. The highest BCUT2D eigenvalue weighted by Gasteiger charge is 2.47. The van der Waals surface area contributed by atoms with E-state index in [0.29, 0.717) is 17.2 Å². The van der Waals surface area contributed by atoms with Gasteiger partial charge in [-0.2, -0.15) is 18.3 Å². The number of carbonyl (C=O) groups is 1. The number of benzene rings is 1. The number of furan rings is 1. The van der Waals surface area contributed by atoms with E-state index < -0.39 is 24.2 Å². The summed E-state index contributed by atoms with van der Waals surface area (Å²) in [4.78, 5) is 12.5. The van der Waals surface area contributed by atoms with Crippen LogP contribution in [-0.2, 0) is 0 Å². The van der Waals surface area contributed by atoms with Gasteiger partial charge in [0.15, 0.2) is 11.7 Å². The van der Waals surface area contributed by atoms with Crippen molar-refractivity contribution in [3.05, 3.63) is 60.2 Å². The second kappa shape index (κ2) is 7.19. The number of rotatable bonds is 4. The lowest BCUT2D eigenvalue weighted by Gasteiger charge is -2.32. The van der Waals surface area contributed by atoms with Gasteiger partial charge in [0.2, 0.25) is 0 Å². The minimum atomic E-state index is -4.53. The molecule has 0 aliphatic carbocycles. The maximum atomic E-state index is 13.6. The first-order valence-electron chi connectivity index (χ1n) is 8.77. The van der Waals surface area contributed by atoms with Crippen molar-refractivity contribution in [2.75, 3.05) is 17.7 Å². The van der Waals surface area contributed by atoms with Crippen LogP contribution >= 0.6 is 0 Å². The third kappa shape index (κ3) is 3.78. The fourth-order valence-electron chi connectivity index (χ4n) is 3.26. The lowest BCUT2D eigenvalue weighted by atomic mass is 10.0. The Bertz CT molecular complexity index is 1010. The van der Waals surface area contributed by atoms with Crippen molar-refractivity contribution in [1.29, 1.82) is 0 Å². The average molecular weight is 406 g/mol. The molecule has 152 valence electrons.